The molecule has 3 heterocycles. The average molecular weight is 458 g/mol. The molecular weight excluding hydrogens is 430 g/mol. The van der Waals surface area contributed by atoms with Crippen LogP contribution in [0.4, 0.5) is 22.2 Å². The molecular formula is C25H27N7O2. The highest BCUT2D eigenvalue weighted by molar-refractivity contribution is 5.91. The summed E-state index contributed by atoms with van der Waals surface area (Å²) in [4.78, 5) is 28.0. The summed E-state index contributed by atoms with van der Waals surface area (Å²) in [6, 6.07) is 9.24. The molecule has 0 radical (unpaired) electrons. The Kier molecular flexibility index (Phi) is 6.14. The largest absolute Gasteiger partial charge is 0.488 e. The number of terminal acetylenes is 1. The number of nitrogens with zero attached hydrogens (tertiary/aromatic N) is 4. The molecule has 3 aromatic rings. The van der Waals surface area contributed by atoms with Gasteiger partial charge < -0.3 is 15.4 Å². The van der Waals surface area contributed by atoms with Gasteiger partial charge in [-0.05, 0) is 50.2 Å². The third-order valence-electron chi connectivity index (χ3n) is 6.10. The lowest BCUT2D eigenvalue weighted by molar-refractivity contribution is 0.0388. The van der Waals surface area contributed by atoms with Gasteiger partial charge in [0.15, 0.2) is 5.65 Å². The molecule has 2 fully saturated rings. The van der Waals surface area contributed by atoms with E-state index < -0.39 is 0 Å². The summed E-state index contributed by atoms with van der Waals surface area (Å²) in [5, 5.41) is 9.59. The second-order valence-corrected chi connectivity index (χ2v) is 8.82. The van der Waals surface area contributed by atoms with Gasteiger partial charge in [-0.25, -0.2) is 14.8 Å². The number of ether oxygens (including phenoxy) is 1. The number of anilines is 3. The van der Waals surface area contributed by atoms with Crippen LogP contribution in [0.3, 0.4) is 0 Å². The summed E-state index contributed by atoms with van der Waals surface area (Å²) in [6.07, 6.45) is 11.9. The molecule has 1 saturated carbocycles. The second kappa shape index (κ2) is 9.53. The van der Waals surface area contributed by atoms with Crippen molar-refractivity contribution in [2.75, 3.05) is 30.8 Å². The summed E-state index contributed by atoms with van der Waals surface area (Å²) in [5.74, 6) is 4.19. The van der Waals surface area contributed by atoms with Crippen LogP contribution in [0.15, 0.2) is 36.5 Å². The van der Waals surface area contributed by atoms with Crippen LogP contribution in [0.2, 0.25) is 0 Å². The number of carbonyl (C=O) groups is 1. The van der Waals surface area contributed by atoms with Crippen LogP contribution in [0.1, 0.15) is 31.2 Å². The van der Waals surface area contributed by atoms with Crippen molar-refractivity contribution < 1.29 is 9.53 Å². The van der Waals surface area contributed by atoms with Crippen LogP contribution >= 0.6 is 0 Å². The average Bonchev–Trinajstić information content (AvgIpc) is 3.31. The number of benzene rings is 1. The highest BCUT2D eigenvalue weighted by Crippen LogP contribution is 2.24. The fourth-order valence-corrected chi connectivity index (χ4v) is 4.32. The maximum atomic E-state index is 12.4. The Morgan fingerprint density at radius 2 is 1.94 bits per heavy atom. The van der Waals surface area contributed by atoms with Crippen LogP contribution in [0.25, 0.3) is 11.0 Å². The molecule has 0 unspecified atom stereocenters. The monoisotopic (exact) mass is 457 g/mol. The van der Waals surface area contributed by atoms with E-state index in [9.17, 15) is 4.79 Å². The molecule has 2 aromatic heterocycles. The number of urea groups is 1. The third-order valence-corrected chi connectivity index (χ3v) is 6.10. The van der Waals surface area contributed by atoms with E-state index in [2.05, 4.69) is 48.8 Å². The second-order valence-electron chi connectivity index (χ2n) is 8.82. The Bertz CT molecular complexity index is 1230. The fourth-order valence-electron chi connectivity index (χ4n) is 4.32. The molecule has 5 rings (SSSR count). The van der Waals surface area contributed by atoms with E-state index in [0.717, 1.165) is 50.2 Å². The molecule has 0 spiro atoms. The molecule has 0 atom stereocenters. The number of nitrogens with one attached hydrogen (secondary N) is 3. The smallest absolute Gasteiger partial charge is 0.320 e. The van der Waals surface area contributed by atoms with Crippen molar-refractivity contribution in [3.05, 3.63) is 42.1 Å². The first-order valence-corrected chi connectivity index (χ1v) is 11.5. The van der Waals surface area contributed by atoms with E-state index >= 15 is 0 Å². The predicted molar refractivity (Wildman–Crippen MR) is 131 cm³/mol. The van der Waals surface area contributed by atoms with Crippen LogP contribution in [-0.4, -0.2) is 58.2 Å². The van der Waals surface area contributed by atoms with Crippen molar-refractivity contribution in [1.29, 1.82) is 0 Å². The lowest BCUT2D eigenvalue weighted by atomic mass is 10.2. The van der Waals surface area contributed by atoms with Gasteiger partial charge in [0.25, 0.3) is 0 Å². The molecule has 34 heavy (non-hydrogen) atoms. The van der Waals surface area contributed by atoms with Crippen molar-refractivity contribution in [2.45, 2.75) is 37.8 Å². The van der Waals surface area contributed by atoms with Gasteiger partial charge in [-0.15, -0.1) is 6.42 Å². The zero-order chi connectivity index (χ0) is 23.5. The van der Waals surface area contributed by atoms with Crippen molar-refractivity contribution in [3.8, 4) is 18.1 Å². The molecule has 0 bridgehead atoms. The molecule has 1 aliphatic heterocycles. The Labute approximate surface area is 198 Å². The zero-order valence-electron chi connectivity index (χ0n) is 19.0. The maximum absolute atomic E-state index is 12.4. The minimum atomic E-state index is -0.287. The first-order valence-electron chi connectivity index (χ1n) is 11.5. The number of likely N-dealkylation sites (N-methyl/N-ethyl adjacent to an activating group) is 1. The SMILES string of the molecule is C#Cc1cc(NC(=O)NC2CCCC2)nc2nc(Nc3ccc(OC4CN(C)C4)cc3)ncc12. The maximum Gasteiger partial charge on any atom is 0.320 e. The quantitative estimate of drug-likeness (QED) is 0.487. The van der Waals surface area contributed by atoms with E-state index in [4.69, 9.17) is 11.2 Å². The van der Waals surface area contributed by atoms with Crippen molar-refractivity contribution in [1.82, 2.24) is 25.2 Å². The summed E-state index contributed by atoms with van der Waals surface area (Å²) >= 11 is 0. The van der Waals surface area contributed by atoms with Crippen molar-refractivity contribution in [2.24, 2.45) is 0 Å². The highest BCUT2D eigenvalue weighted by Gasteiger charge is 2.24. The van der Waals surface area contributed by atoms with Gasteiger partial charge in [0.05, 0.1) is 5.39 Å². The summed E-state index contributed by atoms with van der Waals surface area (Å²) in [7, 11) is 2.07. The van der Waals surface area contributed by atoms with Gasteiger partial charge in [0.1, 0.15) is 17.7 Å². The van der Waals surface area contributed by atoms with Gasteiger partial charge in [-0.2, -0.15) is 4.98 Å². The molecule has 1 aliphatic carbocycles. The minimum Gasteiger partial charge on any atom is -0.488 e. The first-order chi connectivity index (χ1) is 16.6. The molecule has 3 N–H and O–H groups in total. The van der Waals surface area contributed by atoms with E-state index in [-0.39, 0.29) is 18.2 Å². The molecule has 1 aromatic carbocycles. The van der Waals surface area contributed by atoms with E-state index in [1.807, 2.05) is 24.3 Å². The van der Waals surface area contributed by atoms with Gasteiger partial charge in [-0.3, -0.25) is 10.2 Å². The number of amides is 2. The number of hydrogen-bond acceptors (Lipinski definition) is 7. The van der Waals surface area contributed by atoms with Crippen LogP contribution in [0.5, 0.6) is 5.75 Å². The van der Waals surface area contributed by atoms with Crippen LogP contribution in [0, 0.1) is 12.3 Å². The number of aromatic nitrogens is 3. The number of rotatable bonds is 6. The number of likely N-dealkylation sites (tertiary alicyclic amines) is 1. The van der Waals surface area contributed by atoms with Crippen LogP contribution in [-0.2, 0) is 0 Å². The Balaban J connectivity index is 1.29. The lowest BCUT2D eigenvalue weighted by Gasteiger charge is -2.36. The van der Waals surface area contributed by atoms with Crippen LogP contribution < -0.4 is 20.7 Å². The molecule has 174 valence electrons. The van der Waals surface area contributed by atoms with Crippen molar-refractivity contribution >= 4 is 34.5 Å². The summed E-state index contributed by atoms with van der Waals surface area (Å²) in [6.45, 7) is 1.88. The molecule has 9 heteroatoms. The van der Waals surface area contributed by atoms with Gasteiger partial charge in [0, 0.05) is 36.6 Å². The summed E-state index contributed by atoms with van der Waals surface area (Å²) in [5.41, 5.74) is 1.79. The standard InChI is InChI=1S/C25H27N7O2/c1-3-16-12-22(30-25(33)28-17-6-4-5-7-17)29-23-21(16)13-26-24(31-23)27-18-8-10-19(11-9-18)34-20-14-32(2)15-20/h1,8-13,17,20H,4-7,14-15H2,2H3,(H3,26,27,28,29,30,31,33). The van der Waals surface area contributed by atoms with Gasteiger partial charge in [-0.1, -0.05) is 18.8 Å². The van der Waals surface area contributed by atoms with E-state index in [1.54, 1.807) is 12.3 Å². The third kappa shape index (κ3) is 5.02. The lowest BCUT2D eigenvalue weighted by Crippen LogP contribution is -2.51. The Morgan fingerprint density at radius 3 is 2.65 bits per heavy atom. The summed E-state index contributed by atoms with van der Waals surface area (Å²) < 4.78 is 5.93. The number of hydrogen-bond donors (Lipinski definition) is 3. The minimum absolute atomic E-state index is 0.206. The van der Waals surface area contributed by atoms with Gasteiger partial charge in [0.2, 0.25) is 5.95 Å². The molecule has 9 nitrogen and oxygen atoms in total. The zero-order valence-corrected chi connectivity index (χ0v) is 19.0. The predicted octanol–water partition coefficient (Wildman–Crippen LogP) is 3.51. The van der Waals surface area contributed by atoms with Crippen molar-refractivity contribution in [3.63, 3.8) is 0 Å². The Morgan fingerprint density at radius 1 is 1.18 bits per heavy atom. The number of pyridine rings is 1. The van der Waals surface area contributed by atoms with E-state index in [0.29, 0.717) is 28.4 Å². The first kappa shape index (κ1) is 21.9. The normalized spacial score (nSPS) is 16.6. The fraction of sp³-hybridized carbons (Fsp3) is 0.360. The topological polar surface area (TPSA) is 104 Å². The highest BCUT2D eigenvalue weighted by atomic mass is 16.5. The van der Waals surface area contributed by atoms with Gasteiger partial charge >= 0.3 is 6.03 Å². The molecule has 2 amide bonds. The number of carbonyl (C=O) groups excluding carboxylic acids is 1. The molecule has 1 saturated heterocycles. The Hall–Kier alpha value is -3.90. The molecule has 2 aliphatic rings. The van der Waals surface area contributed by atoms with E-state index in [1.165, 1.54) is 0 Å². The number of fused-ring (bicyclic) bond motifs is 1.